The van der Waals surface area contributed by atoms with Crippen LogP contribution in [0.2, 0.25) is 0 Å². The van der Waals surface area contributed by atoms with Crippen LogP contribution in [0.5, 0.6) is 0 Å². The average molecular weight is 627 g/mol. The number of hydrogen-bond acceptors (Lipinski definition) is 3. The Bertz CT molecular complexity index is 2740. The van der Waals surface area contributed by atoms with Crippen molar-refractivity contribution in [2.45, 2.75) is 12.3 Å². The van der Waals surface area contributed by atoms with E-state index in [1.807, 2.05) is 12.1 Å². The van der Waals surface area contributed by atoms with Crippen molar-refractivity contribution < 1.29 is 4.42 Å². The lowest BCUT2D eigenvalue weighted by Crippen LogP contribution is -2.22. The van der Waals surface area contributed by atoms with Gasteiger partial charge in [-0.3, -0.25) is 0 Å². The third kappa shape index (κ3) is 4.22. The van der Waals surface area contributed by atoms with Gasteiger partial charge in [0.05, 0.1) is 11.4 Å². The quantitative estimate of drug-likeness (QED) is 0.195. The fourth-order valence-electron chi connectivity index (χ4n) is 7.90. The third-order valence-corrected chi connectivity index (χ3v) is 10.4. The Hall–Kier alpha value is -6.32. The predicted molar refractivity (Wildman–Crippen MR) is 201 cm³/mol. The van der Waals surface area contributed by atoms with E-state index in [9.17, 15) is 0 Å². The van der Waals surface area contributed by atoms with Crippen molar-refractivity contribution in [3.63, 3.8) is 0 Å². The van der Waals surface area contributed by atoms with E-state index in [0.29, 0.717) is 5.82 Å². The second kappa shape index (κ2) is 10.6. The minimum Gasteiger partial charge on any atom is -0.456 e. The van der Waals surface area contributed by atoms with Crippen LogP contribution < -0.4 is 0 Å². The van der Waals surface area contributed by atoms with Crippen LogP contribution in [0.1, 0.15) is 23.6 Å². The lowest BCUT2D eigenvalue weighted by atomic mass is 9.74. The van der Waals surface area contributed by atoms with Crippen LogP contribution in [0.3, 0.4) is 0 Å². The second-order valence-corrected chi connectivity index (χ2v) is 13.1. The molecule has 3 heteroatoms. The Labute approximate surface area is 284 Å². The van der Waals surface area contributed by atoms with Crippen LogP contribution in [-0.2, 0) is 5.41 Å². The highest BCUT2D eigenvalue weighted by Crippen LogP contribution is 2.53. The molecule has 0 spiro atoms. The molecule has 0 amide bonds. The van der Waals surface area contributed by atoms with Crippen molar-refractivity contribution in [3.05, 3.63) is 180 Å². The number of aromatic nitrogens is 2. The fraction of sp³-hybridized carbons (Fsp3) is 0.0435. The summed E-state index contributed by atoms with van der Waals surface area (Å²) in [5, 5.41) is 4.50. The van der Waals surface area contributed by atoms with Gasteiger partial charge in [0.1, 0.15) is 11.2 Å². The summed E-state index contributed by atoms with van der Waals surface area (Å²) in [6.45, 7) is 2.35. The summed E-state index contributed by atoms with van der Waals surface area (Å²) < 4.78 is 6.30. The number of rotatable bonds is 4. The molecule has 0 radical (unpaired) electrons. The molecule has 9 aromatic rings. The number of hydrogen-bond donors (Lipinski definition) is 0. The highest BCUT2D eigenvalue weighted by Gasteiger charge is 2.40. The van der Waals surface area contributed by atoms with Gasteiger partial charge >= 0.3 is 0 Å². The minimum atomic E-state index is -0.302. The van der Waals surface area contributed by atoms with Crippen LogP contribution in [0.25, 0.3) is 77.7 Å². The topological polar surface area (TPSA) is 38.9 Å². The molecule has 0 bridgehead atoms. The van der Waals surface area contributed by atoms with E-state index in [4.69, 9.17) is 14.4 Å². The summed E-state index contributed by atoms with van der Waals surface area (Å²) in [6, 6.07) is 58.0. The second-order valence-electron chi connectivity index (χ2n) is 13.1. The molecule has 1 atom stereocenters. The Balaban J connectivity index is 1.20. The molecule has 1 aliphatic carbocycles. The molecule has 10 rings (SSSR count). The molecule has 2 heterocycles. The zero-order chi connectivity index (χ0) is 32.5. The highest BCUT2D eigenvalue weighted by molar-refractivity contribution is 6.06. The van der Waals surface area contributed by atoms with Crippen molar-refractivity contribution in [2.24, 2.45) is 0 Å². The van der Waals surface area contributed by atoms with Gasteiger partial charge in [-0.25, -0.2) is 9.97 Å². The molecule has 0 saturated heterocycles. The lowest BCUT2D eigenvalue weighted by molar-refractivity contribution is 0.669. The van der Waals surface area contributed by atoms with Crippen molar-refractivity contribution in [3.8, 4) is 45.0 Å². The van der Waals surface area contributed by atoms with Gasteiger partial charge in [-0.2, -0.15) is 0 Å². The van der Waals surface area contributed by atoms with E-state index in [-0.39, 0.29) is 5.41 Å². The van der Waals surface area contributed by atoms with E-state index in [2.05, 4.69) is 159 Å². The molecule has 0 N–H and O–H groups in total. The Morgan fingerprint density at radius 2 is 1.08 bits per heavy atom. The van der Waals surface area contributed by atoms with Crippen LogP contribution >= 0.6 is 0 Å². The number of furan rings is 1. The van der Waals surface area contributed by atoms with Gasteiger partial charge in [0.2, 0.25) is 0 Å². The maximum Gasteiger partial charge on any atom is 0.161 e. The number of para-hydroxylation sites is 1. The third-order valence-electron chi connectivity index (χ3n) is 10.4. The Morgan fingerprint density at radius 1 is 0.449 bits per heavy atom. The molecule has 0 fully saturated rings. The van der Waals surface area contributed by atoms with Gasteiger partial charge in [0, 0.05) is 32.9 Å². The average Bonchev–Trinajstić information content (AvgIpc) is 3.67. The van der Waals surface area contributed by atoms with E-state index in [1.165, 1.54) is 27.8 Å². The summed E-state index contributed by atoms with van der Waals surface area (Å²) in [6.07, 6.45) is 0. The first kappa shape index (κ1) is 27.8. The van der Waals surface area contributed by atoms with Crippen LogP contribution in [-0.4, -0.2) is 9.97 Å². The summed E-state index contributed by atoms with van der Waals surface area (Å²) in [5.74, 6) is 0.698. The minimum absolute atomic E-state index is 0.302. The van der Waals surface area contributed by atoms with Crippen molar-refractivity contribution in [1.82, 2.24) is 9.97 Å². The van der Waals surface area contributed by atoms with Gasteiger partial charge in [-0.05, 0) is 75.8 Å². The van der Waals surface area contributed by atoms with E-state index < -0.39 is 0 Å². The molecule has 3 nitrogen and oxygen atoms in total. The molecule has 49 heavy (non-hydrogen) atoms. The van der Waals surface area contributed by atoms with Gasteiger partial charge in [-0.1, -0.05) is 133 Å². The Kier molecular flexibility index (Phi) is 6.00. The van der Waals surface area contributed by atoms with Crippen LogP contribution in [0, 0.1) is 0 Å². The van der Waals surface area contributed by atoms with Gasteiger partial charge < -0.3 is 4.42 Å². The predicted octanol–water partition coefficient (Wildman–Crippen LogP) is 11.9. The van der Waals surface area contributed by atoms with Crippen molar-refractivity contribution >= 4 is 32.7 Å². The molecule has 0 aliphatic heterocycles. The standard InChI is InChI=1S/C46H30N2O/c1-46(32-14-3-2-4-15-32)39-20-9-7-17-34(39)35-24-22-30(26-40(35)46)41-28-42(31-23-25-37-36-18-8-10-21-43(36)49-44(37)27-31)48-45(47-41)38-19-11-13-29-12-5-6-16-33(29)38/h2-28H,1H3. The van der Waals surface area contributed by atoms with E-state index >= 15 is 0 Å². The zero-order valence-electron chi connectivity index (χ0n) is 26.9. The van der Waals surface area contributed by atoms with Crippen LogP contribution in [0.4, 0.5) is 0 Å². The SMILES string of the molecule is CC1(c2ccccc2)c2ccccc2-c2ccc(-c3cc(-c4ccc5c(c4)oc4ccccc45)nc(-c4cccc5ccccc45)n3)cc21. The summed E-state index contributed by atoms with van der Waals surface area (Å²) in [4.78, 5) is 10.5. The zero-order valence-corrected chi connectivity index (χ0v) is 26.9. The Morgan fingerprint density at radius 3 is 1.96 bits per heavy atom. The normalized spacial score (nSPS) is 15.1. The lowest BCUT2D eigenvalue weighted by Gasteiger charge is -2.28. The number of nitrogens with zero attached hydrogens (tertiary/aromatic N) is 2. The molecule has 1 aliphatic rings. The molecule has 2 aromatic heterocycles. The van der Waals surface area contributed by atoms with Crippen molar-refractivity contribution in [1.29, 1.82) is 0 Å². The van der Waals surface area contributed by atoms with Gasteiger partial charge in [0.15, 0.2) is 5.82 Å². The first-order valence-electron chi connectivity index (χ1n) is 16.7. The fourth-order valence-corrected chi connectivity index (χ4v) is 7.90. The first-order chi connectivity index (χ1) is 24.1. The van der Waals surface area contributed by atoms with Gasteiger partial charge in [0.25, 0.3) is 0 Å². The van der Waals surface area contributed by atoms with Crippen molar-refractivity contribution in [2.75, 3.05) is 0 Å². The molecular weight excluding hydrogens is 597 g/mol. The molecule has 1 unspecified atom stereocenters. The maximum absolute atomic E-state index is 6.30. The molecule has 0 saturated carbocycles. The van der Waals surface area contributed by atoms with Crippen LogP contribution in [0.15, 0.2) is 168 Å². The highest BCUT2D eigenvalue weighted by atomic mass is 16.3. The summed E-state index contributed by atoms with van der Waals surface area (Å²) in [7, 11) is 0. The van der Waals surface area contributed by atoms with Gasteiger partial charge in [-0.15, -0.1) is 0 Å². The van der Waals surface area contributed by atoms with E-state index in [0.717, 1.165) is 60.8 Å². The molecule has 230 valence electrons. The number of benzene rings is 7. The smallest absolute Gasteiger partial charge is 0.161 e. The molecule has 7 aromatic carbocycles. The monoisotopic (exact) mass is 626 g/mol. The number of fused-ring (bicyclic) bond motifs is 7. The van der Waals surface area contributed by atoms with E-state index in [1.54, 1.807) is 0 Å². The summed E-state index contributed by atoms with van der Waals surface area (Å²) in [5.41, 5.74) is 12.7. The molecular formula is C46H30N2O. The largest absolute Gasteiger partial charge is 0.456 e. The maximum atomic E-state index is 6.30. The summed E-state index contributed by atoms with van der Waals surface area (Å²) >= 11 is 0. The first-order valence-corrected chi connectivity index (χ1v) is 16.7.